The lowest BCUT2D eigenvalue weighted by Gasteiger charge is -2.18. The van der Waals surface area contributed by atoms with E-state index >= 15 is 0 Å². The van der Waals surface area contributed by atoms with Gasteiger partial charge in [0.2, 0.25) is 0 Å². The van der Waals surface area contributed by atoms with Crippen molar-refractivity contribution < 1.29 is 23.1 Å². The average molecular weight is 416 g/mol. The average Bonchev–Trinajstić information content (AvgIpc) is 2.72. The number of amides is 1. The first kappa shape index (κ1) is 21.3. The van der Waals surface area contributed by atoms with Crippen LogP contribution in [0.5, 0.6) is 0 Å². The number of benzene rings is 2. The number of pyridine rings is 1. The van der Waals surface area contributed by atoms with Gasteiger partial charge in [0.25, 0.3) is 11.5 Å². The summed E-state index contributed by atoms with van der Waals surface area (Å²) in [4.78, 5) is 25.7. The molecule has 1 amide bonds. The zero-order valence-corrected chi connectivity index (χ0v) is 16.0. The predicted molar refractivity (Wildman–Crippen MR) is 106 cm³/mol. The molecule has 0 bridgehead atoms. The molecule has 0 aliphatic rings. The van der Waals surface area contributed by atoms with Crippen LogP contribution in [0.25, 0.3) is 5.69 Å². The Labute approximate surface area is 170 Å². The van der Waals surface area contributed by atoms with Gasteiger partial charge in [-0.05, 0) is 42.8 Å². The predicted octanol–water partition coefficient (Wildman–Crippen LogP) is 3.63. The van der Waals surface area contributed by atoms with E-state index < -0.39 is 29.2 Å². The fraction of sp³-hybridized carbons (Fsp3) is 0.182. The fourth-order valence-corrected chi connectivity index (χ4v) is 3.10. The molecular weight excluding hydrogens is 397 g/mol. The lowest BCUT2D eigenvalue weighted by Crippen LogP contribution is -2.36. The van der Waals surface area contributed by atoms with Crippen LogP contribution < -0.4 is 10.9 Å². The van der Waals surface area contributed by atoms with Crippen molar-refractivity contribution in [3.8, 4) is 5.69 Å². The molecule has 1 atom stereocenters. The molecule has 1 aromatic heterocycles. The van der Waals surface area contributed by atoms with E-state index in [4.69, 9.17) is 0 Å². The second-order valence-electron chi connectivity index (χ2n) is 6.70. The van der Waals surface area contributed by atoms with Crippen molar-refractivity contribution in [1.82, 2.24) is 9.88 Å². The Morgan fingerprint density at radius 2 is 1.77 bits per heavy atom. The molecule has 0 aliphatic heterocycles. The molecule has 156 valence electrons. The minimum atomic E-state index is -4.56. The number of aryl methyl sites for hydroxylation is 1. The van der Waals surface area contributed by atoms with Gasteiger partial charge >= 0.3 is 6.18 Å². The van der Waals surface area contributed by atoms with Crippen molar-refractivity contribution in [2.24, 2.45) is 0 Å². The van der Waals surface area contributed by atoms with Crippen molar-refractivity contribution in [3.05, 3.63) is 99.5 Å². The quantitative estimate of drug-likeness (QED) is 0.667. The maximum Gasteiger partial charge on any atom is 0.416 e. The summed E-state index contributed by atoms with van der Waals surface area (Å²) in [7, 11) is 0. The van der Waals surface area contributed by atoms with Crippen molar-refractivity contribution in [2.45, 2.75) is 19.1 Å². The van der Waals surface area contributed by atoms with Gasteiger partial charge in [-0.15, -0.1) is 0 Å². The van der Waals surface area contributed by atoms with Crippen LogP contribution in [-0.2, 0) is 6.18 Å². The molecule has 2 aromatic carbocycles. The third-order valence-electron chi connectivity index (χ3n) is 4.64. The molecule has 0 radical (unpaired) electrons. The highest BCUT2D eigenvalue weighted by Crippen LogP contribution is 2.30. The van der Waals surface area contributed by atoms with Crippen molar-refractivity contribution in [1.29, 1.82) is 0 Å². The van der Waals surface area contributed by atoms with Gasteiger partial charge in [0, 0.05) is 11.4 Å². The van der Waals surface area contributed by atoms with E-state index in [1.54, 1.807) is 37.3 Å². The number of aliphatic hydroxyl groups is 1. The van der Waals surface area contributed by atoms with E-state index in [0.29, 0.717) is 11.3 Å². The van der Waals surface area contributed by atoms with Gasteiger partial charge in [0.15, 0.2) is 0 Å². The Balaban J connectivity index is 1.99. The highest BCUT2D eigenvalue weighted by atomic mass is 19.4. The molecule has 8 heteroatoms. The number of aromatic nitrogens is 1. The molecule has 0 fully saturated rings. The molecule has 0 spiro atoms. The summed E-state index contributed by atoms with van der Waals surface area (Å²) < 4.78 is 40.2. The monoisotopic (exact) mass is 416 g/mol. The largest absolute Gasteiger partial charge is 0.416 e. The number of hydrogen-bond donors (Lipinski definition) is 2. The van der Waals surface area contributed by atoms with Crippen LogP contribution >= 0.6 is 0 Å². The van der Waals surface area contributed by atoms with Gasteiger partial charge in [-0.1, -0.05) is 36.4 Å². The maximum atomic E-state index is 13.1. The Morgan fingerprint density at radius 1 is 1.07 bits per heavy atom. The molecular formula is C22H19F3N2O3. The minimum absolute atomic E-state index is 0.00347. The topological polar surface area (TPSA) is 71.3 Å². The number of nitrogens with zero attached hydrogens (tertiary/aromatic N) is 1. The van der Waals surface area contributed by atoms with Crippen molar-refractivity contribution in [3.63, 3.8) is 0 Å². The lowest BCUT2D eigenvalue weighted by molar-refractivity contribution is -0.137. The summed E-state index contributed by atoms with van der Waals surface area (Å²) >= 11 is 0. The third-order valence-corrected chi connectivity index (χ3v) is 4.64. The summed E-state index contributed by atoms with van der Waals surface area (Å²) in [6.45, 7) is 1.17. The number of carbonyl (C=O) groups excluding carboxylic acids is 1. The van der Waals surface area contributed by atoms with Gasteiger partial charge < -0.3 is 10.4 Å². The number of rotatable bonds is 5. The van der Waals surface area contributed by atoms with E-state index in [2.05, 4.69) is 5.32 Å². The first-order valence-electron chi connectivity index (χ1n) is 9.09. The van der Waals surface area contributed by atoms with Crippen LogP contribution in [0.2, 0.25) is 0 Å². The lowest BCUT2D eigenvalue weighted by atomic mass is 10.1. The molecule has 2 N–H and O–H groups in total. The number of halogens is 3. The molecule has 5 nitrogen and oxygen atoms in total. The van der Waals surface area contributed by atoms with Crippen LogP contribution in [0.1, 0.15) is 33.2 Å². The molecule has 1 unspecified atom stereocenters. The van der Waals surface area contributed by atoms with Gasteiger partial charge in [0.1, 0.15) is 5.56 Å². The van der Waals surface area contributed by atoms with E-state index in [1.807, 2.05) is 0 Å². The van der Waals surface area contributed by atoms with Crippen LogP contribution in [0.4, 0.5) is 13.2 Å². The number of aliphatic hydroxyl groups excluding tert-OH is 1. The van der Waals surface area contributed by atoms with Crippen molar-refractivity contribution in [2.75, 3.05) is 6.61 Å². The van der Waals surface area contributed by atoms with Gasteiger partial charge in [-0.3, -0.25) is 14.2 Å². The SMILES string of the molecule is Cc1ccc(C(=O)NC(CO)c2ccccc2)c(=O)n1-c1cccc(C(F)(F)F)c1. The molecule has 30 heavy (non-hydrogen) atoms. The van der Waals surface area contributed by atoms with Crippen LogP contribution in [0.15, 0.2) is 71.5 Å². The summed E-state index contributed by atoms with van der Waals surface area (Å²) in [6.07, 6.45) is -4.56. The first-order valence-corrected chi connectivity index (χ1v) is 9.09. The number of hydrogen-bond acceptors (Lipinski definition) is 3. The highest BCUT2D eigenvalue weighted by molar-refractivity contribution is 5.94. The van der Waals surface area contributed by atoms with E-state index in [0.717, 1.165) is 16.7 Å². The second kappa shape index (κ2) is 8.54. The van der Waals surface area contributed by atoms with E-state index in [9.17, 15) is 27.9 Å². The Morgan fingerprint density at radius 3 is 2.40 bits per heavy atom. The smallest absolute Gasteiger partial charge is 0.394 e. The number of carbonyl (C=O) groups is 1. The van der Waals surface area contributed by atoms with Gasteiger partial charge in [0.05, 0.1) is 18.2 Å². The molecule has 1 heterocycles. The molecule has 3 rings (SSSR count). The summed E-state index contributed by atoms with van der Waals surface area (Å²) in [5.41, 5.74) is -0.866. The maximum absolute atomic E-state index is 13.1. The highest BCUT2D eigenvalue weighted by Gasteiger charge is 2.30. The summed E-state index contributed by atoms with van der Waals surface area (Å²) in [5, 5.41) is 12.2. The Hall–Kier alpha value is -3.39. The number of alkyl halides is 3. The van der Waals surface area contributed by atoms with Crippen molar-refractivity contribution >= 4 is 5.91 Å². The van der Waals surface area contributed by atoms with Crippen LogP contribution in [0.3, 0.4) is 0 Å². The minimum Gasteiger partial charge on any atom is -0.394 e. The molecule has 0 saturated heterocycles. The standard InChI is InChI=1S/C22H19F3N2O3/c1-14-10-11-18(20(29)26-19(13-28)15-6-3-2-4-7-15)21(30)27(14)17-9-5-8-16(12-17)22(23,24)25/h2-12,19,28H,13H2,1H3,(H,26,29). The molecule has 3 aromatic rings. The van der Waals surface area contributed by atoms with Crippen LogP contribution in [0, 0.1) is 6.92 Å². The summed E-state index contributed by atoms with van der Waals surface area (Å²) in [6, 6.07) is 15.1. The zero-order valence-electron chi connectivity index (χ0n) is 16.0. The first-order chi connectivity index (χ1) is 14.2. The van der Waals surface area contributed by atoms with E-state index in [-0.39, 0.29) is 17.9 Å². The molecule has 0 saturated carbocycles. The summed E-state index contributed by atoms with van der Waals surface area (Å²) in [5.74, 6) is -0.733. The Kier molecular flexibility index (Phi) is 6.07. The second-order valence-corrected chi connectivity index (χ2v) is 6.70. The zero-order chi connectivity index (χ0) is 21.9. The van der Waals surface area contributed by atoms with Gasteiger partial charge in [-0.25, -0.2) is 0 Å². The normalized spacial score (nSPS) is 12.4. The molecule has 0 aliphatic carbocycles. The van der Waals surface area contributed by atoms with E-state index in [1.165, 1.54) is 24.3 Å². The number of nitrogens with one attached hydrogen (secondary N) is 1. The fourth-order valence-electron chi connectivity index (χ4n) is 3.10. The third kappa shape index (κ3) is 4.44. The Bertz CT molecular complexity index is 1110. The van der Waals surface area contributed by atoms with Crippen LogP contribution in [-0.4, -0.2) is 22.2 Å². The van der Waals surface area contributed by atoms with Gasteiger partial charge in [-0.2, -0.15) is 13.2 Å².